The van der Waals surface area contributed by atoms with Crippen molar-refractivity contribution in [3.8, 4) is 17.2 Å². The predicted octanol–water partition coefficient (Wildman–Crippen LogP) is 8.07. The van der Waals surface area contributed by atoms with Crippen LogP contribution in [0.3, 0.4) is 0 Å². The fourth-order valence-electron chi connectivity index (χ4n) is 5.06. The number of rotatable bonds is 11. The largest absolute Gasteiger partial charge is 0.493 e. The van der Waals surface area contributed by atoms with Gasteiger partial charge in [-0.2, -0.15) is 0 Å². The Hall–Kier alpha value is -3.01. The van der Waals surface area contributed by atoms with Crippen molar-refractivity contribution in [2.45, 2.75) is 73.1 Å². The molecule has 0 amide bonds. The monoisotopic (exact) mass is 458 g/mol. The summed E-state index contributed by atoms with van der Waals surface area (Å²) in [6.07, 6.45) is 6.49. The lowest BCUT2D eigenvalue weighted by atomic mass is 9.75. The van der Waals surface area contributed by atoms with E-state index in [1.807, 2.05) is 37.3 Å². The SMILES string of the molecule is CCc1c(CC(CC)(CC)CC)[nH]c2cc(OCCc3nc(-c4ccccc4)oc3C)ccc12. The van der Waals surface area contributed by atoms with E-state index in [-0.39, 0.29) is 0 Å². The van der Waals surface area contributed by atoms with Crippen LogP contribution in [0.4, 0.5) is 0 Å². The molecule has 0 aliphatic heterocycles. The molecule has 34 heavy (non-hydrogen) atoms. The van der Waals surface area contributed by atoms with E-state index in [4.69, 9.17) is 14.1 Å². The Bertz CT molecular complexity index is 1210. The molecule has 0 fully saturated rings. The molecule has 2 aromatic heterocycles. The van der Waals surface area contributed by atoms with Crippen molar-refractivity contribution in [2.24, 2.45) is 5.41 Å². The fourth-order valence-corrected chi connectivity index (χ4v) is 5.06. The standard InChI is InChI=1S/C30H38N2O2/c1-6-24-25-16-15-23(19-27(25)31-28(24)20-30(7-2,8-3)9-4)33-18-17-26-21(5)34-29(32-26)22-13-11-10-12-14-22/h10-16,19,31H,6-9,17-18,20H2,1-5H3. The number of ether oxygens (including phenoxy) is 1. The van der Waals surface area contributed by atoms with E-state index in [1.54, 1.807) is 0 Å². The normalized spacial score (nSPS) is 11.9. The highest BCUT2D eigenvalue weighted by atomic mass is 16.5. The number of hydrogen-bond donors (Lipinski definition) is 1. The number of nitrogens with zero attached hydrogens (tertiary/aromatic N) is 1. The molecule has 0 bridgehead atoms. The van der Waals surface area contributed by atoms with E-state index in [0.29, 0.717) is 24.3 Å². The number of aromatic nitrogens is 2. The first-order chi connectivity index (χ1) is 16.5. The van der Waals surface area contributed by atoms with E-state index < -0.39 is 0 Å². The average Bonchev–Trinajstić information content (AvgIpc) is 3.42. The van der Waals surface area contributed by atoms with Crippen LogP contribution in [-0.2, 0) is 19.3 Å². The quantitative estimate of drug-likeness (QED) is 0.247. The van der Waals surface area contributed by atoms with E-state index in [0.717, 1.165) is 35.6 Å². The summed E-state index contributed by atoms with van der Waals surface area (Å²) in [5.74, 6) is 2.41. The summed E-state index contributed by atoms with van der Waals surface area (Å²) in [5, 5.41) is 1.32. The smallest absolute Gasteiger partial charge is 0.226 e. The summed E-state index contributed by atoms with van der Waals surface area (Å²) < 4.78 is 12.0. The zero-order valence-corrected chi connectivity index (χ0v) is 21.3. The van der Waals surface area contributed by atoms with Crippen molar-refractivity contribution in [1.29, 1.82) is 0 Å². The van der Waals surface area contributed by atoms with Crippen molar-refractivity contribution in [2.75, 3.05) is 6.61 Å². The van der Waals surface area contributed by atoms with E-state index in [9.17, 15) is 0 Å². The van der Waals surface area contributed by atoms with Crippen molar-refractivity contribution >= 4 is 10.9 Å². The summed E-state index contributed by atoms with van der Waals surface area (Å²) in [6.45, 7) is 11.8. The zero-order valence-electron chi connectivity index (χ0n) is 21.3. The summed E-state index contributed by atoms with van der Waals surface area (Å²) in [5.41, 5.74) is 6.34. The first-order valence-corrected chi connectivity index (χ1v) is 12.8. The lowest BCUT2D eigenvalue weighted by molar-refractivity contribution is 0.246. The molecule has 0 radical (unpaired) electrons. The molecular formula is C30H38N2O2. The molecule has 0 spiro atoms. The van der Waals surface area contributed by atoms with Crippen molar-refractivity contribution in [3.63, 3.8) is 0 Å². The molecule has 4 aromatic rings. The molecule has 2 aromatic carbocycles. The molecule has 1 N–H and O–H groups in total. The number of fused-ring (bicyclic) bond motifs is 1. The van der Waals surface area contributed by atoms with Gasteiger partial charge in [-0.15, -0.1) is 0 Å². The number of H-pyrrole nitrogens is 1. The maximum atomic E-state index is 6.13. The predicted molar refractivity (Wildman–Crippen MR) is 141 cm³/mol. The Morgan fingerprint density at radius 1 is 0.971 bits per heavy atom. The topological polar surface area (TPSA) is 51.0 Å². The van der Waals surface area contributed by atoms with Crippen LogP contribution in [0, 0.1) is 12.3 Å². The maximum absolute atomic E-state index is 6.13. The molecule has 0 saturated heterocycles. The molecule has 0 aliphatic carbocycles. The van der Waals surface area contributed by atoms with Crippen LogP contribution in [-0.4, -0.2) is 16.6 Å². The average molecular weight is 459 g/mol. The van der Waals surface area contributed by atoms with Crippen LogP contribution in [0.1, 0.15) is 69.7 Å². The summed E-state index contributed by atoms with van der Waals surface area (Å²) in [4.78, 5) is 8.44. The van der Waals surface area contributed by atoms with E-state index in [1.165, 1.54) is 41.4 Å². The number of hydrogen-bond acceptors (Lipinski definition) is 3. The highest BCUT2D eigenvalue weighted by Crippen LogP contribution is 2.37. The van der Waals surface area contributed by atoms with Gasteiger partial charge in [0.15, 0.2) is 0 Å². The van der Waals surface area contributed by atoms with Gasteiger partial charge in [-0.1, -0.05) is 65.2 Å². The molecule has 4 heteroatoms. The zero-order chi connectivity index (χ0) is 24.1. The number of benzene rings is 2. The highest BCUT2D eigenvalue weighted by molar-refractivity contribution is 5.86. The highest BCUT2D eigenvalue weighted by Gasteiger charge is 2.26. The van der Waals surface area contributed by atoms with Gasteiger partial charge in [0.05, 0.1) is 12.3 Å². The van der Waals surface area contributed by atoms with Crippen LogP contribution >= 0.6 is 0 Å². The van der Waals surface area contributed by atoms with Gasteiger partial charge in [0.25, 0.3) is 0 Å². The number of nitrogens with one attached hydrogen (secondary N) is 1. The van der Waals surface area contributed by atoms with Gasteiger partial charge < -0.3 is 14.1 Å². The molecule has 180 valence electrons. The van der Waals surface area contributed by atoms with Gasteiger partial charge in [0, 0.05) is 34.6 Å². The van der Waals surface area contributed by atoms with Gasteiger partial charge >= 0.3 is 0 Å². The summed E-state index contributed by atoms with van der Waals surface area (Å²) in [7, 11) is 0. The second-order valence-corrected chi connectivity index (χ2v) is 9.37. The van der Waals surface area contributed by atoms with Crippen LogP contribution in [0.2, 0.25) is 0 Å². The molecule has 0 aliphatic rings. The Morgan fingerprint density at radius 2 is 1.71 bits per heavy atom. The maximum Gasteiger partial charge on any atom is 0.226 e. The van der Waals surface area contributed by atoms with Gasteiger partial charge in [-0.3, -0.25) is 0 Å². The molecule has 0 unspecified atom stereocenters. The molecule has 2 heterocycles. The number of oxazole rings is 1. The van der Waals surface area contributed by atoms with Crippen molar-refractivity contribution < 1.29 is 9.15 Å². The van der Waals surface area contributed by atoms with Gasteiger partial charge in [-0.25, -0.2) is 4.98 Å². The van der Waals surface area contributed by atoms with E-state index in [2.05, 4.69) is 50.9 Å². The Morgan fingerprint density at radius 3 is 2.38 bits per heavy atom. The van der Waals surface area contributed by atoms with Crippen molar-refractivity contribution in [1.82, 2.24) is 9.97 Å². The van der Waals surface area contributed by atoms with Crippen molar-refractivity contribution in [3.05, 3.63) is 71.2 Å². The first-order valence-electron chi connectivity index (χ1n) is 12.8. The third-order valence-electron chi connectivity index (χ3n) is 7.64. The Kier molecular flexibility index (Phi) is 7.45. The molecule has 0 atom stereocenters. The van der Waals surface area contributed by atoms with E-state index >= 15 is 0 Å². The Labute approximate surface area is 203 Å². The lowest BCUT2D eigenvalue weighted by Gasteiger charge is -2.30. The fraction of sp³-hybridized carbons (Fsp3) is 0.433. The molecule has 4 rings (SSSR count). The Balaban J connectivity index is 1.47. The number of aryl methyl sites for hydroxylation is 2. The second-order valence-electron chi connectivity index (χ2n) is 9.37. The molecular weight excluding hydrogens is 420 g/mol. The molecule has 4 nitrogen and oxygen atoms in total. The summed E-state index contributed by atoms with van der Waals surface area (Å²) in [6, 6.07) is 16.5. The third kappa shape index (κ3) is 4.91. The van der Waals surface area contributed by atoms with Gasteiger partial charge in [0.2, 0.25) is 5.89 Å². The third-order valence-corrected chi connectivity index (χ3v) is 7.64. The van der Waals surface area contributed by atoms with Crippen LogP contribution in [0.5, 0.6) is 5.75 Å². The van der Waals surface area contributed by atoms with Gasteiger partial charge in [-0.05, 0) is 55.0 Å². The molecule has 0 saturated carbocycles. The first kappa shape index (κ1) is 24.1. The number of aromatic amines is 1. The minimum absolute atomic E-state index is 0.373. The minimum Gasteiger partial charge on any atom is -0.493 e. The van der Waals surface area contributed by atoms with Gasteiger partial charge in [0.1, 0.15) is 11.5 Å². The van der Waals surface area contributed by atoms with Crippen LogP contribution < -0.4 is 4.74 Å². The lowest BCUT2D eigenvalue weighted by Crippen LogP contribution is -2.21. The summed E-state index contributed by atoms with van der Waals surface area (Å²) >= 11 is 0. The minimum atomic E-state index is 0.373. The van der Waals surface area contributed by atoms with Crippen LogP contribution in [0.25, 0.3) is 22.4 Å². The van der Waals surface area contributed by atoms with Crippen LogP contribution in [0.15, 0.2) is 52.9 Å². The second kappa shape index (κ2) is 10.5.